The molecule has 3 rings (SSSR count). The maximum absolute atomic E-state index is 12.1. The average molecular weight is 311 g/mol. The van der Waals surface area contributed by atoms with Crippen molar-refractivity contribution in [3.8, 4) is 0 Å². The van der Waals surface area contributed by atoms with E-state index in [1.54, 1.807) is 25.1 Å². The third kappa shape index (κ3) is 2.94. The average Bonchev–Trinajstić information content (AvgIpc) is 2.87. The number of ketones is 1. The topological polar surface area (TPSA) is 98.2 Å². The van der Waals surface area contributed by atoms with Crippen LogP contribution in [0, 0.1) is 0 Å². The van der Waals surface area contributed by atoms with E-state index in [2.05, 4.69) is 15.3 Å². The number of nitrogens with one attached hydrogen (secondary N) is 1. The molecule has 1 aliphatic rings. The highest BCUT2D eigenvalue weighted by Gasteiger charge is 2.27. The zero-order valence-corrected chi connectivity index (χ0v) is 12.3. The molecule has 0 spiro atoms. The van der Waals surface area contributed by atoms with E-state index in [0.29, 0.717) is 11.3 Å². The number of rotatable bonds is 4. The minimum atomic E-state index is -0.710. The highest BCUT2D eigenvalue weighted by Crippen LogP contribution is 2.32. The van der Waals surface area contributed by atoms with Gasteiger partial charge in [0.15, 0.2) is 18.1 Å². The smallest absolute Gasteiger partial charge is 0.358 e. The van der Waals surface area contributed by atoms with E-state index in [1.807, 2.05) is 0 Å². The SMILES string of the molecule is C[C@H]1C(=O)Nc2ccc(C(=O)COC(=O)c3cnccn3)cc21. The molecule has 0 radical (unpaired) electrons. The fourth-order valence-electron chi connectivity index (χ4n) is 2.28. The molecule has 23 heavy (non-hydrogen) atoms. The molecule has 1 amide bonds. The Morgan fingerprint density at radius 2 is 2.13 bits per heavy atom. The number of hydrogen-bond acceptors (Lipinski definition) is 6. The zero-order chi connectivity index (χ0) is 16.4. The Morgan fingerprint density at radius 3 is 2.87 bits per heavy atom. The standard InChI is InChI=1S/C16H13N3O4/c1-9-11-6-10(2-3-12(11)19-15(9)21)14(20)8-23-16(22)13-7-17-4-5-18-13/h2-7,9H,8H2,1H3,(H,19,21)/t9-/m1/s1. The summed E-state index contributed by atoms with van der Waals surface area (Å²) in [4.78, 5) is 43.0. The van der Waals surface area contributed by atoms with E-state index in [1.165, 1.54) is 18.6 Å². The maximum Gasteiger partial charge on any atom is 0.358 e. The van der Waals surface area contributed by atoms with E-state index in [4.69, 9.17) is 4.74 Å². The fourth-order valence-corrected chi connectivity index (χ4v) is 2.28. The number of fused-ring (bicyclic) bond motifs is 1. The third-order valence-corrected chi connectivity index (χ3v) is 3.60. The van der Waals surface area contributed by atoms with Crippen LogP contribution in [0.25, 0.3) is 0 Å². The Hall–Kier alpha value is -3.09. The molecule has 0 unspecified atom stereocenters. The van der Waals surface area contributed by atoms with Crippen molar-refractivity contribution in [2.45, 2.75) is 12.8 Å². The summed E-state index contributed by atoms with van der Waals surface area (Å²) in [6, 6.07) is 4.92. The largest absolute Gasteiger partial charge is 0.453 e. The van der Waals surface area contributed by atoms with Crippen LogP contribution in [0.1, 0.15) is 39.3 Å². The number of esters is 1. The molecule has 0 saturated heterocycles. The summed E-state index contributed by atoms with van der Waals surface area (Å²) in [5.74, 6) is -1.46. The molecule has 0 bridgehead atoms. The van der Waals surface area contributed by atoms with Crippen molar-refractivity contribution in [3.05, 3.63) is 53.6 Å². The summed E-state index contributed by atoms with van der Waals surface area (Å²) in [5.41, 5.74) is 1.90. The molecular formula is C16H13N3O4. The van der Waals surface area contributed by atoms with Gasteiger partial charge in [0.05, 0.1) is 12.1 Å². The molecule has 1 aromatic carbocycles. The van der Waals surface area contributed by atoms with Gasteiger partial charge in [0.2, 0.25) is 5.91 Å². The van der Waals surface area contributed by atoms with E-state index in [0.717, 1.165) is 5.56 Å². The lowest BCUT2D eigenvalue weighted by molar-refractivity contribution is -0.116. The number of carbonyl (C=O) groups excluding carboxylic acids is 3. The van der Waals surface area contributed by atoms with Gasteiger partial charge < -0.3 is 10.1 Å². The fraction of sp³-hybridized carbons (Fsp3) is 0.188. The first kappa shape index (κ1) is 14.8. The Balaban J connectivity index is 1.68. The summed E-state index contributed by atoms with van der Waals surface area (Å²) >= 11 is 0. The summed E-state index contributed by atoms with van der Waals surface area (Å²) in [6.45, 7) is 1.37. The van der Waals surface area contributed by atoms with Crippen LogP contribution in [0.2, 0.25) is 0 Å². The molecule has 2 aromatic rings. The molecule has 0 fully saturated rings. The van der Waals surface area contributed by atoms with Crippen molar-refractivity contribution in [1.29, 1.82) is 0 Å². The van der Waals surface area contributed by atoms with Crippen LogP contribution in [-0.4, -0.2) is 34.2 Å². The second-order valence-electron chi connectivity index (χ2n) is 5.10. The summed E-state index contributed by atoms with van der Waals surface area (Å²) in [6.07, 6.45) is 4.06. The van der Waals surface area contributed by atoms with Crippen molar-refractivity contribution in [1.82, 2.24) is 9.97 Å². The Labute approximate surface area is 131 Å². The highest BCUT2D eigenvalue weighted by atomic mass is 16.5. The normalized spacial score (nSPS) is 15.7. The van der Waals surface area contributed by atoms with Crippen LogP contribution in [0.4, 0.5) is 5.69 Å². The van der Waals surface area contributed by atoms with E-state index in [-0.39, 0.29) is 23.3 Å². The monoisotopic (exact) mass is 311 g/mol. The highest BCUT2D eigenvalue weighted by molar-refractivity contribution is 6.05. The van der Waals surface area contributed by atoms with Crippen LogP contribution in [0.15, 0.2) is 36.8 Å². The number of hydrogen-bond donors (Lipinski definition) is 1. The van der Waals surface area contributed by atoms with Gasteiger partial charge >= 0.3 is 5.97 Å². The minimum Gasteiger partial charge on any atom is -0.453 e. The molecule has 1 atom stereocenters. The number of aromatic nitrogens is 2. The van der Waals surface area contributed by atoms with Gasteiger partial charge in [-0.15, -0.1) is 0 Å². The number of Topliss-reactive ketones (excluding diaryl/α,β-unsaturated/α-hetero) is 1. The van der Waals surface area contributed by atoms with Crippen molar-refractivity contribution in [2.24, 2.45) is 0 Å². The Bertz CT molecular complexity index is 789. The maximum atomic E-state index is 12.1. The quantitative estimate of drug-likeness (QED) is 0.680. The number of carbonyl (C=O) groups is 3. The van der Waals surface area contributed by atoms with Gasteiger partial charge in [0.1, 0.15) is 0 Å². The molecular weight excluding hydrogens is 298 g/mol. The van der Waals surface area contributed by atoms with Crippen LogP contribution in [0.3, 0.4) is 0 Å². The lowest BCUT2D eigenvalue weighted by Crippen LogP contribution is -2.15. The van der Waals surface area contributed by atoms with E-state index in [9.17, 15) is 14.4 Å². The van der Waals surface area contributed by atoms with E-state index < -0.39 is 12.6 Å². The molecule has 2 heterocycles. The van der Waals surface area contributed by atoms with Crippen LogP contribution in [0.5, 0.6) is 0 Å². The van der Waals surface area contributed by atoms with Crippen LogP contribution < -0.4 is 5.32 Å². The van der Waals surface area contributed by atoms with Crippen LogP contribution in [-0.2, 0) is 9.53 Å². The number of benzene rings is 1. The molecule has 7 nitrogen and oxygen atoms in total. The van der Waals surface area contributed by atoms with Crippen molar-refractivity contribution < 1.29 is 19.1 Å². The van der Waals surface area contributed by atoms with Gasteiger partial charge in [0.25, 0.3) is 0 Å². The van der Waals surface area contributed by atoms with Gasteiger partial charge in [-0.3, -0.25) is 14.6 Å². The Kier molecular flexibility index (Phi) is 3.84. The van der Waals surface area contributed by atoms with E-state index >= 15 is 0 Å². The van der Waals surface area contributed by atoms with Crippen molar-refractivity contribution >= 4 is 23.3 Å². The molecule has 1 aromatic heterocycles. The summed E-state index contributed by atoms with van der Waals surface area (Å²) < 4.78 is 4.94. The van der Waals surface area contributed by atoms with Gasteiger partial charge in [-0.2, -0.15) is 0 Å². The summed E-state index contributed by atoms with van der Waals surface area (Å²) in [7, 11) is 0. The zero-order valence-electron chi connectivity index (χ0n) is 12.3. The number of anilines is 1. The van der Waals surface area contributed by atoms with Gasteiger partial charge in [-0.1, -0.05) is 0 Å². The van der Waals surface area contributed by atoms with Gasteiger partial charge in [-0.05, 0) is 30.7 Å². The molecule has 0 aliphatic carbocycles. The number of nitrogens with zero attached hydrogens (tertiary/aromatic N) is 2. The molecule has 0 saturated carbocycles. The second kappa shape index (κ2) is 5.96. The lowest BCUT2D eigenvalue weighted by atomic mass is 9.99. The third-order valence-electron chi connectivity index (χ3n) is 3.60. The molecule has 1 N–H and O–H groups in total. The second-order valence-corrected chi connectivity index (χ2v) is 5.10. The first-order valence-electron chi connectivity index (χ1n) is 6.97. The number of amides is 1. The predicted octanol–water partition coefficient (Wildman–Crippen LogP) is 1.57. The minimum absolute atomic E-state index is 0.0395. The molecule has 7 heteroatoms. The van der Waals surface area contributed by atoms with Gasteiger partial charge in [0, 0.05) is 23.6 Å². The summed E-state index contributed by atoms with van der Waals surface area (Å²) in [5, 5.41) is 2.73. The predicted molar refractivity (Wildman–Crippen MR) is 80.1 cm³/mol. The molecule has 1 aliphatic heterocycles. The lowest BCUT2D eigenvalue weighted by Gasteiger charge is -2.06. The van der Waals surface area contributed by atoms with Gasteiger partial charge in [-0.25, -0.2) is 9.78 Å². The van der Waals surface area contributed by atoms with Crippen molar-refractivity contribution in [3.63, 3.8) is 0 Å². The first-order valence-corrected chi connectivity index (χ1v) is 6.97. The van der Waals surface area contributed by atoms with Crippen LogP contribution >= 0.6 is 0 Å². The van der Waals surface area contributed by atoms with Crippen molar-refractivity contribution in [2.75, 3.05) is 11.9 Å². The first-order chi connectivity index (χ1) is 11.1. The number of ether oxygens (including phenoxy) is 1. The Morgan fingerprint density at radius 1 is 1.30 bits per heavy atom. The molecule has 116 valence electrons.